The fourth-order valence-corrected chi connectivity index (χ4v) is 1.93. The van der Waals surface area contributed by atoms with Gasteiger partial charge in [0, 0.05) is 17.3 Å². The first kappa shape index (κ1) is 13.0. The third kappa shape index (κ3) is 2.95. The Morgan fingerprint density at radius 2 is 2.00 bits per heavy atom. The second kappa shape index (κ2) is 5.85. The van der Waals surface area contributed by atoms with E-state index < -0.39 is 0 Å². The smallest absolute Gasteiger partial charge is 0.106 e. The van der Waals surface area contributed by atoms with Gasteiger partial charge < -0.3 is 11.1 Å². The van der Waals surface area contributed by atoms with Crippen LogP contribution in [0.25, 0.3) is 0 Å². The zero-order valence-electron chi connectivity index (χ0n) is 10.2. The van der Waals surface area contributed by atoms with E-state index in [0.717, 1.165) is 24.1 Å². The van der Waals surface area contributed by atoms with Crippen LogP contribution in [0.2, 0.25) is 0 Å². The Morgan fingerprint density at radius 1 is 1.38 bits per heavy atom. The molecular formula is C13H20N2S. The first-order valence-corrected chi connectivity index (χ1v) is 6.16. The lowest BCUT2D eigenvalue weighted by Crippen LogP contribution is -2.21. The normalized spacial score (nSPS) is 10.5. The molecule has 0 aliphatic heterocycles. The Bertz CT molecular complexity index is 370. The molecule has 0 aliphatic carbocycles. The van der Waals surface area contributed by atoms with Crippen LogP contribution in [0.1, 0.15) is 37.8 Å². The molecule has 1 aromatic carbocycles. The Hall–Kier alpha value is -1.09. The number of hydrogen-bond donors (Lipinski definition) is 2. The molecule has 3 heteroatoms. The van der Waals surface area contributed by atoms with Crippen molar-refractivity contribution in [2.45, 2.75) is 39.7 Å². The van der Waals surface area contributed by atoms with Crippen molar-refractivity contribution in [3.63, 3.8) is 0 Å². The predicted molar refractivity (Wildman–Crippen MR) is 75.1 cm³/mol. The second-order valence-electron chi connectivity index (χ2n) is 4.02. The molecule has 0 atom stereocenters. The Labute approximate surface area is 103 Å². The van der Waals surface area contributed by atoms with Gasteiger partial charge in [0.15, 0.2) is 0 Å². The van der Waals surface area contributed by atoms with Crippen LogP contribution in [-0.2, 0) is 0 Å². The summed E-state index contributed by atoms with van der Waals surface area (Å²) in [6.07, 6.45) is 2.20. The largest absolute Gasteiger partial charge is 0.389 e. The van der Waals surface area contributed by atoms with Gasteiger partial charge in [0.2, 0.25) is 0 Å². The summed E-state index contributed by atoms with van der Waals surface area (Å²) >= 11 is 5.07. The molecule has 88 valence electrons. The number of aryl methyl sites for hydroxylation is 1. The summed E-state index contributed by atoms with van der Waals surface area (Å²) in [6, 6.07) is 6.52. The van der Waals surface area contributed by atoms with Crippen molar-refractivity contribution >= 4 is 22.9 Å². The zero-order valence-corrected chi connectivity index (χ0v) is 11.0. The van der Waals surface area contributed by atoms with Gasteiger partial charge in [0.25, 0.3) is 0 Å². The van der Waals surface area contributed by atoms with Crippen LogP contribution in [0.5, 0.6) is 0 Å². The summed E-state index contributed by atoms with van der Waals surface area (Å²) in [5.74, 6) is 0. The number of thiocarbonyl (C=S) groups is 1. The maximum atomic E-state index is 5.73. The monoisotopic (exact) mass is 236 g/mol. The molecule has 0 heterocycles. The van der Waals surface area contributed by atoms with E-state index in [1.54, 1.807) is 0 Å². The SMILES string of the molecule is CCC(CC)Nc1c(C)cccc1C(N)=S. The van der Waals surface area contributed by atoms with Gasteiger partial charge in [-0.15, -0.1) is 0 Å². The number of hydrogen-bond acceptors (Lipinski definition) is 2. The molecule has 0 saturated heterocycles. The Morgan fingerprint density at radius 3 is 2.50 bits per heavy atom. The number of nitrogens with one attached hydrogen (secondary N) is 1. The van der Waals surface area contributed by atoms with Crippen molar-refractivity contribution in [1.82, 2.24) is 0 Å². The second-order valence-corrected chi connectivity index (χ2v) is 4.46. The van der Waals surface area contributed by atoms with E-state index in [2.05, 4.69) is 32.2 Å². The van der Waals surface area contributed by atoms with E-state index in [1.807, 2.05) is 12.1 Å². The molecule has 0 aliphatic rings. The molecule has 16 heavy (non-hydrogen) atoms. The molecule has 0 unspecified atom stereocenters. The molecule has 0 fully saturated rings. The maximum Gasteiger partial charge on any atom is 0.106 e. The summed E-state index contributed by atoms with van der Waals surface area (Å²) in [7, 11) is 0. The summed E-state index contributed by atoms with van der Waals surface area (Å²) in [5.41, 5.74) is 8.96. The van der Waals surface area contributed by atoms with Crippen LogP contribution >= 0.6 is 12.2 Å². The topological polar surface area (TPSA) is 38.0 Å². The molecule has 0 bridgehead atoms. The van der Waals surface area contributed by atoms with Crippen LogP contribution in [0.3, 0.4) is 0 Å². The molecule has 0 aromatic heterocycles. The molecule has 3 N–H and O–H groups in total. The molecule has 0 spiro atoms. The maximum absolute atomic E-state index is 5.73. The minimum absolute atomic E-state index is 0.456. The molecule has 0 saturated carbocycles. The fourth-order valence-electron chi connectivity index (χ4n) is 1.76. The quantitative estimate of drug-likeness (QED) is 0.771. The molecular weight excluding hydrogens is 216 g/mol. The molecule has 0 radical (unpaired) electrons. The van der Waals surface area contributed by atoms with E-state index in [9.17, 15) is 0 Å². The molecule has 2 nitrogen and oxygen atoms in total. The lowest BCUT2D eigenvalue weighted by atomic mass is 10.1. The van der Waals surface area contributed by atoms with Crippen LogP contribution in [0, 0.1) is 6.92 Å². The Kier molecular flexibility index (Phi) is 4.74. The fraction of sp³-hybridized carbons (Fsp3) is 0.462. The van der Waals surface area contributed by atoms with E-state index in [-0.39, 0.29) is 0 Å². The first-order valence-electron chi connectivity index (χ1n) is 5.76. The highest BCUT2D eigenvalue weighted by Gasteiger charge is 2.10. The van der Waals surface area contributed by atoms with Gasteiger partial charge in [0.1, 0.15) is 4.99 Å². The van der Waals surface area contributed by atoms with Crippen molar-refractivity contribution < 1.29 is 0 Å². The summed E-state index contributed by atoms with van der Waals surface area (Å²) in [4.78, 5) is 0.456. The van der Waals surface area contributed by atoms with Crippen molar-refractivity contribution in [2.75, 3.05) is 5.32 Å². The average Bonchev–Trinajstić information content (AvgIpc) is 2.27. The standard InChI is InChI=1S/C13H20N2S/c1-4-10(5-2)15-12-9(3)7-6-8-11(12)13(14)16/h6-8,10,15H,4-5H2,1-3H3,(H2,14,16). The Balaban J connectivity index is 3.05. The van der Waals surface area contributed by atoms with Gasteiger partial charge in [0.05, 0.1) is 0 Å². The van der Waals surface area contributed by atoms with Gasteiger partial charge in [-0.2, -0.15) is 0 Å². The highest BCUT2D eigenvalue weighted by Crippen LogP contribution is 2.22. The van der Waals surface area contributed by atoms with Crippen molar-refractivity contribution in [2.24, 2.45) is 5.73 Å². The van der Waals surface area contributed by atoms with Crippen molar-refractivity contribution in [1.29, 1.82) is 0 Å². The van der Waals surface area contributed by atoms with E-state index in [1.165, 1.54) is 5.56 Å². The molecule has 0 amide bonds. The predicted octanol–water partition coefficient (Wildman–Crippen LogP) is 3.23. The number of benzene rings is 1. The third-order valence-corrected chi connectivity index (χ3v) is 3.09. The number of nitrogens with two attached hydrogens (primary N) is 1. The first-order chi connectivity index (χ1) is 7.60. The number of rotatable bonds is 5. The van der Waals surface area contributed by atoms with Gasteiger partial charge in [-0.25, -0.2) is 0 Å². The third-order valence-electron chi connectivity index (χ3n) is 2.87. The average molecular weight is 236 g/mol. The lowest BCUT2D eigenvalue weighted by Gasteiger charge is -2.20. The lowest BCUT2D eigenvalue weighted by molar-refractivity contribution is 0.671. The van der Waals surface area contributed by atoms with Crippen LogP contribution in [-0.4, -0.2) is 11.0 Å². The summed E-state index contributed by atoms with van der Waals surface area (Å²) < 4.78 is 0. The minimum Gasteiger partial charge on any atom is -0.389 e. The summed E-state index contributed by atoms with van der Waals surface area (Å²) in [6.45, 7) is 6.44. The van der Waals surface area contributed by atoms with Crippen molar-refractivity contribution in [3.8, 4) is 0 Å². The number of anilines is 1. The van der Waals surface area contributed by atoms with Gasteiger partial charge in [-0.05, 0) is 31.4 Å². The van der Waals surface area contributed by atoms with E-state index >= 15 is 0 Å². The van der Waals surface area contributed by atoms with Crippen molar-refractivity contribution in [3.05, 3.63) is 29.3 Å². The van der Waals surface area contributed by atoms with Crippen LogP contribution in [0.15, 0.2) is 18.2 Å². The van der Waals surface area contributed by atoms with Gasteiger partial charge >= 0.3 is 0 Å². The van der Waals surface area contributed by atoms with Crippen LogP contribution in [0.4, 0.5) is 5.69 Å². The van der Waals surface area contributed by atoms with E-state index in [4.69, 9.17) is 18.0 Å². The molecule has 1 rings (SSSR count). The zero-order chi connectivity index (χ0) is 12.1. The van der Waals surface area contributed by atoms with Gasteiger partial charge in [-0.3, -0.25) is 0 Å². The van der Waals surface area contributed by atoms with Crippen LogP contribution < -0.4 is 11.1 Å². The molecule has 1 aromatic rings. The highest BCUT2D eigenvalue weighted by atomic mass is 32.1. The van der Waals surface area contributed by atoms with E-state index in [0.29, 0.717) is 11.0 Å². The summed E-state index contributed by atoms with van der Waals surface area (Å²) in [5, 5.41) is 3.53. The minimum atomic E-state index is 0.456. The highest BCUT2D eigenvalue weighted by molar-refractivity contribution is 7.80. The van der Waals surface area contributed by atoms with Gasteiger partial charge in [-0.1, -0.05) is 38.2 Å². The number of para-hydroxylation sites is 1.